The van der Waals surface area contributed by atoms with Gasteiger partial charge < -0.3 is 16.0 Å². The van der Waals surface area contributed by atoms with Crippen LogP contribution in [0.3, 0.4) is 0 Å². The Hall–Kier alpha value is -2.14. The van der Waals surface area contributed by atoms with E-state index >= 15 is 0 Å². The normalized spacial score (nSPS) is 27.0. The second-order valence-corrected chi connectivity index (χ2v) is 6.04. The van der Waals surface area contributed by atoms with E-state index < -0.39 is 5.91 Å². The number of hydrogen-bond acceptors (Lipinski definition) is 3. The summed E-state index contributed by atoms with van der Waals surface area (Å²) in [5.74, 6) is -0.00340. The smallest absolute Gasteiger partial charge is 0.249 e. The molecule has 1 aromatic rings. The highest BCUT2D eigenvalue weighted by atomic mass is 16.1. The minimum Gasteiger partial charge on any atom is -0.366 e. The molecule has 2 amide bonds. The third-order valence-corrected chi connectivity index (χ3v) is 4.62. The molecule has 0 aliphatic carbocycles. The van der Waals surface area contributed by atoms with Gasteiger partial charge in [0.15, 0.2) is 0 Å². The van der Waals surface area contributed by atoms with Crippen LogP contribution in [0, 0.1) is 5.92 Å². The van der Waals surface area contributed by atoms with Gasteiger partial charge in [-0.2, -0.15) is 0 Å². The van der Waals surface area contributed by atoms with Crippen molar-refractivity contribution in [1.29, 1.82) is 0 Å². The molecular formula is C17H21N3O2. The maximum Gasteiger partial charge on any atom is 0.249 e. The predicted octanol–water partition coefficient (Wildman–Crippen LogP) is 1.01. The zero-order valence-corrected chi connectivity index (χ0v) is 12.5. The van der Waals surface area contributed by atoms with Crippen LogP contribution in [-0.4, -0.2) is 42.4 Å². The fraction of sp³-hybridized carbons (Fsp3) is 0.412. The van der Waals surface area contributed by atoms with Gasteiger partial charge in [-0.3, -0.25) is 9.59 Å². The highest BCUT2D eigenvalue weighted by molar-refractivity contribution is 5.99. The first-order valence-electron chi connectivity index (χ1n) is 7.73. The molecule has 0 spiro atoms. The van der Waals surface area contributed by atoms with E-state index in [9.17, 15) is 9.59 Å². The van der Waals surface area contributed by atoms with Crippen LogP contribution in [-0.2, 0) is 4.79 Å². The van der Waals surface area contributed by atoms with E-state index in [4.69, 9.17) is 5.73 Å². The number of nitrogens with two attached hydrogens (primary N) is 1. The molecule has 3 fully saturated rings. The van der Waals surface area contributed by atoms with Gasteiger partial charge in [-0.25, -0.2) is 0 Å². The van der Waals surface area contributed by atoms with Crippen LogP contribution in [0.2, 0.25) is 0 Å². The van der Waals surface area contributed by atoms with E-state index in [1.807, 2.05) is 6.07 Å². The van der Waals surface area contributed by atoms with Gasteiger partial charge >= 0.3 is 0 Å². The quantitative estimate of drug-likeness (QED) is 0.815. The fourth-order valence-electron chi connectivity index (χ4n) is 3.39. The Morgan fingerprint density at radius 3 is 2.59 bits per heavy atom. The van der Waals surface area contributed by atoms with Crippen molar-refractivity contribution < 1.29 is 9.59 Å². The fourth-order valence-corrected chi connectivity index (χ4v) is 3.39. The van der Waals surface area contributed by atoms with E-state index in [-0.39, 0.29) is 11.9 Å². The van der Waals surface area contributed by atoms with Crippen LogP contribution in [0.4, 0.5) is 0 Å². The number of carbonyl (C=O) groups excluding carboxylic acids is 2. The Morgan fingerprint density at radius 1 is 1.23 bits per heavy atom. The molecule has 3 saturated heterocycles. The van der Waals surface area contributed by atoms with Gasteiger partial charge in [0.1, 0.15) is 0 Å². The lowest BCUT2D eigenvalue weighted by Gasteiger charge is -2.44. The summed E-state index contributed by atoms with van der Waals surface area (Å²) in [6.45, 7) is 3.25. The molecule has 5 nitrogen and oxygen atoms in total. The molecule has 2 bridgehead atoms. The summed E-state index contributed by atoms with van der Waals surface area (Å²) in [6.07, 6.45) is 5.47. The monoisotopic (exact) mass is 299 g/mol. The summed E-state index contributed by atoms with van der Waals surface area (Å²) in [5.41, 5.74) is 6.42. The molecule has 5 heteroatoms. The lowest BCUT2D eigenvalue weighted by Crippen LogP contribution is -2.57. The van der Waals surface area contributed by atoms with E-state index in [2.05, 4.69) is 10.2 Å². The number of primary amides is 1. The molecule has 0 radical (unpaired) electrons. The van der Waals surface area contributed by atoms with Crippen molar-refractivity contribution in [2.45, 2.75) is 18.9 Å². The van der Waals surface area contributed by atoms with Crippen molar-refractivity contribution in [3.8, 4) is 0 Å². The molecule has 4 rings (SSSR count). The molecule has 1 aromatic carbocycles. The van der Waals surface area contributed by atoms with Gasteiger partial charge in [0.2, 0.25) is 11.8 Å². The zero-order valence-electron chi connectivity index (χ0n) is 12.5. The van der Waals surface area contributed by atoms with Crippen molar-refractivity contribution >= 4 is 17.9 Å². The minimum atomic E-state index is -0.488. The van der Waals surface area contributed by atoms with Crippen molar-refractivity contribution in [1.82, 2.24) is 10.2 Å². The predicted molar refractivity (Wildman–Crippen MR) is 85.1 cm³/mol. The Kier molecular flexibility index (Phi) is 4.24. The van der Waals surface area contributed by atoms with Gasteiger partial charge in [-0.05, 0) is 49.6 Å². The van der Waals surface area contributed by atoms with Crippen LogP contribution >= 0.6 is 0 Å². The Bertz CT molecular complexity index is 604. The summed E-state index contributed by atoms with van der Waals surface area (Å²) in [4.78, 5) is 25.9. The number of nitrogens with one attached hydrogen (secondary N) is 1. The lowest BCUT2D eigenvalue weighted by atomic mass is 9.84. The average molecular weight is 299 g/mol. The summed E-state index contributed by atoms with van der Waals surface area (Å²) in [7, 11) is 0. The van der Waals surface area contributed by atoms with Crippen LogP contribution in [0.5, 0.6) is 0 Å². The van der Waals surface area contributed by atoms with Crippen molar-refractivity contribution in [3.05, 3.63) is 41.5 Å². The first-order chi connectivity index (χ1) is 10.6. The number of benzene rings is 1. The topological polar surface area (TPSA) is 75.4 Å². The van der Waals surface area contributed by atoms with Gasteiger partial charge in [0.05, 0.1) is 0 Å². The Balaban J connectivity index is 1.63. The maximum absolute atomic E-state index is 12.1. The third-order valence-electron chi connectivity index (χ3n) is 4.62. The van der Waals surface area contributed by atoms with Crippen LogP contribution in [0.1, 0.15) is 28.8 Å². The molecular weight excluding hydrogens is 278 g/mol. The highest BCUT2D eigenvalue weighted by Crippen LogP contribution is 2.27. The second-order valence-electron chi connectivity index (χ2n) is 6.04. The molecule has 22 heavy (non-hydrogen) atoms. The molecule has 1 unspecified atom stereocenters. The Labute approximate surface area is 130 Å². The second kappa shape index (κ2) is 6.32. The van der Waals surface area contributed by atoms with E-state index in [1.54, 1.807) is 24.3 Å². The van der Waals surface area contributed by atoms with Gasteiger partial charge in [-0.15, -0.1) is 0 Å². The highest BCUT2D eigenvalue weighted by Gasteiger charge is 2.34. The van der Waals surface area contributed by atoms with E-state index in [0.29, 0.717) is 17.0 Å². The standard InChI is InChI=1S/C17H21N3O2/c18-17(22)14-4-2-1-3-12(14)5-6-16(21)19-15-11-20-9-7-13(15)8-10-20/h1-6,13,15H,7-11H2,(H2,18,22)(H,19,21)/b6-5+. The molecule has 3 N–H and O–H groups in total. The molecule has 116 valence electrons. The summed E-state index contributed by atoms with van der Waals surface area (Å²) < 4.78 is 0. The number of rotatable bonds is 4. The summed E-state index contributed by atoms with van der Waals surface area (Å²) in [5, 5.41) is 3.09. The van der Waals surface area contributed by atoms with E-state index in [1.165, 1.54) is 18.9 Å². The molecule has 3 aliphatic heterocycles. The number of hydrogen-bond donors (Lipinski definition) is 2. The average Bonchev–Trinajstić information content (AvgIpc) is 2.54. The number of nitrogens with zero attached hydrogens (tertiary/aromatic N) is 1. The van der Waals surface area contributed by atoms with Crippen molar-refractivity contribution in [2.24, 2.45) is 11.7 Å². The first kappa shape index (κ1) is 14.8. The minimum absolute atomic E-state index is 0.113. The third kappa shape index (κ3) is 3.20. The Morgan fingerprint density at radius 2 is 1.95 bits per heavy atom. The summed E-state index contributed by atoms with van der Waals surface area (Å²) in [6, 6.07) is 7.25. The lowest BCUT2D eigenvalue weighted by molar-refractivity contribution is -0.118. The zero-order chi connectivity index (χ0) is 15.5. The van der Waals surface area contributed by atoms with Gasteiger partial charge in [-0.1, -0.05) is 18.2 Å². The van der Waals surface area contributed by atoms with Gasteiger partial charge in [0.25, 0.3) is 0 Å². The summed E-state index contributed by atoms with van der Waals surface area (Å²) >= 11 is 0. The van der Waals surface area contributed by atoms with Crippen LogP contribution in [0.15, 0.2) is 30.3 Å². The molecule has 1 atom stereocenters. The van der Waals surface area contributed by atoms with Crippen LogP contribution < -0.4 is 11.1 Å². The largest absolute Gasteiger partial charge is 0.366 e. The van der Waals surface area contributed by atoms with Crippen LogP contribution in [0.25, 0.3) is 6.08 Å². The molecule has 3 aliphatic rings. The van der Waals surface area contributed by atoms with Gasteiger partial charge in [0, 0.05) is 24.2 Å². The molecule has 0 saturated carbocycles. The first-order valence-corrected chi connectivity index (χ1v) is 7.73. The number of carbonyl (C=O) groups is 2. The van der Waals surface area contributed by atoms with Crippen molar-refractivity contribution in [3.63, 3.8) is 0 Å². The number of amides is 2. The SMILES string of the molecule is NC(=O)c1ccccc1/C=C/C(=O)NC1CN2CCC1CC2. The maximum atomic E-state index is 12.1. The molecule has 3 heterocycles. The number of fused-ring (bicyclic) bond motifs is 3. The molecule has 0 aromatic heterocycles. The van der Waals surface area contributed by atoms with Crippen molar-refractivity contribution in [2.75, 3.05) is 19.6 Å². The number of piperidine rings is 3. The van der Waals surface area contributed by atoms with E-state index in [0.717, 1.165) is 19.6 Å².